The molecule has 0 spiro atoms. The van der Waals surface area contributed by atoms with E-state index in [9.17, 15) is 9.59 Å². The van der Waals surface area contributed by atoms with E-state index in [-0.39, 0.29) is 17.4 Å². The molecule has 2 aliphatic heterocycles. The van der Waals surface area contributed by atoms with Gasteiger partial charge < -0.3 is 15.0 Å². The number of rotatable bonds is 6. The van der Waals surface area contributed by atoms with Crippen LogP contribution in [-0.4, -0.2) is 77.8 Å². The average Bonchev–Trinajstić information content (AvgIpc) is 2.79. The van der Waals surface area contributed by atoms with Crippen molar-refractivity contribution >= 4 is 22.9 Å². The van der Waals surface area contributed by atoms with Gasteiger partial charge in [0, 0.05) is 57.9 Å². The Kier molecular flexibility index (Phi) is 6.59. The first-order valence-corrected chi connectivity index (χ1v) is 10.9. The number of nitrogens with zero attached hydrogens (tertiary/aromatic N) is 5. The van der Waals surface area contributed by atoms with Crippen molar-refractivity contribution in [2.24, 2.45) is 5.92 Å². The van der Waals surface area contributed by atoms with Gasteiger partial charge >= 0.3 is 0 Å². The predicted octanol–water partition coefficient (Wildman–Crippen LogP) is 0.476. The molecular formula is C21H30N6O3. The Hall–Kier alpha value is -2.52. The quantitative estimate of drug-likeness (QED) is 0.735. The van der Waals surface area contributed by atoms with Gasteiger partial charge in [0.1, 0.15) is 5.52 Å². The molecule has 2 aliphatic rings. The van der Waals surface area contributed by atoms with Gasteiger partial charge in [-0.3, -0.25) is 19.1 Å². The van der Waals surface area contributed by atoms with E-state index in [1.165, 1.54) is 0 Å². The molecule has 2 saturated heterocycles. The molecule has 162 valence electrons. The van der Waals surface area contributed by atoms with Gasteiger partial charge in [-0.2, -0.15) is 0 Å². The summed E-state index contributed by atoms with van der Waals surface area (Å²) >= 11 is 0. The van der Waals surface area contributed by atoms with Gasteiger partial charge in [0.25, 0.3) is 5.56 Å². The Labute approximate surface area is 176 Å². The first-order chi connectivity index (χ1) is 14.7. The van der Waals surface area contributed by atoms with Crippen LogP contribution >= 0.6 is 0 Å². The number of fused-ring (bicyclic) bond motifs is 1. The summed E-state index contributed by atoms with van der Waals surface area (Å²) in [6.45, 7) is 8.71. The largest absolute Gasteiger partial charge is 0.379 e. The maximum absolute atomic E-state index is 12.9. The second-order valence-corrected chi connectivity index (χ2v) is 7.84. The molecule has 0 atom stereocenters. The van der Waals surface area contributed by atoms with Crippen molar-refractivity contribution in [3.05, 3.63) is 28.7 Å². The summed E-state index contributed by atoms with van der Waals surface area (Å²) in [4.78, 5) is 38.7. The number of hydrogen-bond donors (Lipinski definition) is 1. The fourth-order valence-electron chi connectivity index (χ4n) is 4.22. The van der Waals surface area contributed by atoms with Crippen molar-refractivity contribution in [1.82, 2.24) is 24.8 Å². The number of carbonyl (C=O) groups is 1. The number of morpholine rings is 1. The summed E-state index contributed by atoms with van der Waals surface area (Å²) in [6, 6.07) is 3.71. The summed E-state index contributed by atoms with van der Waals surface area (Å²) in [5, 5.41) is 3.08. The van der Waals surface area contributed by atoms with Crippen LogP contribution < -0.4 is 15.8 Å². The number of aryl methyl sites for hydroxylation is 1. The van der Waals surface area contributed by atoms with Crippen LogP contribution in [0.1, 0.15) is 19.8 Å². The van der Waals surface area contributed by atoms with Gasteiger partial charge in [-0.05, 0) is 31.9 Å². The van der Waals surface area contributed by atoms with E-state index >= 15 is 0 Å². The normalized spacial score (nSPS) is 18.6. The lowest BCUT2D eigenvalue weighted by molar-refractivity contribution is -0.125. The number of ether oxygens (including phenoxy) is 1. The number of nitrogens with one attached hydrogen (secondary N) is 1. The molecule has 4 rings (SSSR count). The van der Waals surface area contributed by atoms with Crippen LogP contribution in [0.25, 0.3) is 11.2 Å². The first kappa shape index (κ1) is 20.7. The second kappa shape index (κ2) is 9.53. The zero-order valence-electron chi connectivity index (χ0n) is 17.5. The standard InChI is InChI=1S/C21H30N6O3/c1-2-27-18-17(4-3-7-22-18)24-19(21(27)29)26-9-5-16(6-10-26)20(28)23-8-11-25-12-14-30-15-13-25/h3-4,7,16H,2,5-6,8-15H2,1H3,(H,23,28). The Morgan fingerprint density at radius 3 is 2.73 bits per heavy atom. The van der Waals surface area contributed by atoms with Crippen LogP contribution in [0.3, 0.4) is 0 Å². The SMILES string of the molecule is CCn1c(=O)c(N2CCC(C(=O)NCCN3CCOCC3)CC2)nc2cccnc21. The van der Waals surface area contributed by atoms with Gasteiger partial charge in [-0.15, -0.1) is 0 Å². The first-order valence-electron chi connectivity index (χ1n) is 10.9. The van der Waals surface area contributed by atoms with Crippen molar-refractivity contribution in [3.63, 3.8) is 0 Å². The fraction of sp³-hybridized carbons (Fsp3) is 0.619. The molecule has 0 aromatic carbocycles. The lowest BCUT2D eigenvalue weighted by Gasteiger charge is -2.32. The zero-order chi connectivity index (χ0) is 20.9. The minimum Gasteiger partial charge on any atom is -0.379 e. The third kappa shape index (κ3) is 4.46. The highest BCUT2D eigenvalue weighted by molar-refractivity contribution is 5.79. The molecule has 0 aliphatic carbocycles. The molecule has 1 amide bonds. The van der Waals surface area contributed by atoms with Crippen molar-refractivity contribution in [2.75, 3.05) is 57.4 Å². The molecule has 0 unspecified atom stereocenters. The van der Waals surface area contributed by atoms with E-state index in [4.69, 9.17) is 4.74 Å². The van der Waals surface area contributed by atoms with E-state index in [1.54, 1.807) is 10.8 Å². The Bertz CT molecular complexity index is 932. The zero-order valence-corrected chi connectivity index (χ0v) is 17.5. The van der Waals surface area contributed by atoms with Crippen molar-refractivity contribution in [2.45, 2.75) is 26.3 Å². The molecule has 2 fully saturated rings. The monoisotopic (exact) mass is 414 g/mol. The van der Waals surface area contributed by atoms with E-state index in [1.807, 2.05) is 24.0 Å². The fourth-order valence-corrected chi connectivity index (χ4v) is 4.22. The van der Waals surface area contributed by atoms with Gasteiger partial charge in [0.2, 0.25) is 5.91 Å². The Morgan fingerprint density at radius 1 is 1.23 bits per heavy atom. The number of anilines is 1. The molecule has 0 bridgehead atoms. The van der Waals surface area contributed by atoms with Crippen LogP contribution in [0.15, 0.2) is 23.1 Å². The van der Waals surface area contributed by atoms with Gasteiger partial charge in [-0.1, -0.05) is 0 Å². The van der Waals surface area contributed by atoms with Gasteiger partial charge in [0.15, 0.2) is 11.5 Å². The van der Waals surface area contributed by atoms with E-state index in [2.05, 4.69) is 20.2 Å². The number of carbonyl (C=O) groups excluding carboxylic acids is 1. The average molecular weight is 415 g/mol. The van der Waals surface area contributed by atoms with Crippen LogP contribution in [0, 0.1) is 5.92 Å². The molecule has 9 nitrogen and oxygen atoms in total. The van der Waals surface area contributed by atoms with Crippen LogP contribution in [0.5, 0.6) is 0 Å². The highest BCUT2D eigenvalue weighted by atomic mass is 16.5. The summed E-state index contributed by atoms with van der Waals surface area (Å²) in [5.41, 5.74) is 1.22. The number of hydrogen-bond acceptors (Lipinski definition) is 7. The maximum atomic E-state index is 12.9. The Balaban J connectivity index is 1.34. The topological polar surface area (TPSA) is 92.6 Å². The third-order valence-corrected chi connectivity index (χ3v) is 6.00. The molecule has 0 saturated carbocycles. The number of piperidine rings is 1. The minimum absolute atomic E-state index is 0.0125. The van der Waals surface area contributed by atoms with Gasteiger partial charge in [-0.25, -0.2) is 9.97 Å². The Morgan fingerprint density at radius 2 is 2.00 bits per heavy atom. The molecule has 0 radical (unpaired) electrons. The van der Waals surface area contributed by atoms with Crippen molar-refractivity contribution < 1.29 is 9.53 Å². The summed E-state index contributed by atoms with van der Waals surface area (Å²) < 4.78 is 7.02. The number of aromatic nitrogens is 3. The molecule has 1 N–H and O–H groups in total. The van der Waals surface area contributed by atoms with E-state index < -0.39 is 0 Å². The molecule has 2 aromatic rings. The summed E-state index contributed by atoms with van der Waals surface area (Å²) in [5.74, 6) is 0.564. The summed E-state index contributed by atoms with van der Waals surface area (Å²) in [7, 11) is 0. The second-order valence-electron chi connectivity index (χ2n) is 7.84. The molecular weight excluding hydrogens is 384 g/mol. The lowest BCUT2D eigenvalue weighted by atomic mass is 9.96. The molecule has 9 heteroatoms. The molecule has 4 heterocycles. The van der Waals surface area contributed by atoms with Crippen molar-refractivity contribution in [3.8, 4) is 0 Å². The van der Waals surface area contributed by atoms with Crippen LogP contribution in [-0.2, 0) is 16.1 Å². The van der Waals surface area contributed by atoms with Gasteiger partial charge in [0.05, 0.1) is 13.2 Å². The summed E-state index contributed by atoms with van der Waals surface area (Å²) in [6.07, 6.45) is 3.13. The highest BCUT2D eigenvalue weighted by Crippen LogP contribution is 2.21. The highest BCUT2D eigenvalue weighted by Gasteiger charge is 2.27. The smallest absolute Gasteiger partial charge is 0.295 e. The third-order valence-electron chi connectivity index (χ3n) is 6.00. The minimum atomic E-state index is -0.114. The predicted molar refractivity (Wildman–Crippen MR) is 115 cm³/mol. The molecule has 30 heavy (non-hydrogen) atoms. The van der Waals surface area contributed by atoms with Crippen LogP contribution in [0.4, 0.5) is 5.82 Å². The molecule has 2 aromatic heterocycles. The lowest BCUT2D eigenvalue weighted by Crippen LogP contribution is -2.45. The van der Waals surface area contributed by atoms with Crippen molar-refractivity contribution in [1.29, 1.82) is 0 Å². The van der Waals surface area contributed by atoms with E-state index in [0.717, 1.165) is 51.2 Å². The maximum Gasteiger partial charge on any atom is 0.295 e. The van der Waals surface area contributed by atoms with Crippen LogP contribution in [0.2, 0.25) is 0 Å². The number of pyridine rings is 1. The number of amides is 1. The van der Waals surface area contributed by atoms with E-state index in [0.29, 0.717) is 37.6 Å².